The van der Waals surface area contributed by atoms with Crippen molar-refractivity contribution in [2.24, 2.45) is 0 Å². The standard InChI is InChI=1S/C18H20N2OS/c1-3-8-20-15-7-9-22-17(15)11-16(20)18(21)19-12-14-6-4-5-13(2)10-14/h4-7,9-11H,3,8,12H2,1-2H3,(H,19,21). The average Bonchev–Trinajstić information content (AvgIpc) is 3.08. The van der Waals surface area contributed by atoms with Crippen molar-refractivity contribution in [3.05, 3.63) is 58.6 Å². The van der Waals surface area contributed by atoms with E-state index >= 15 is 0 Å². The Kier molecular flexibility index (Phi) is 4.29. The number of nitrogens with zero attached hydrogens (tertiary/aromatic N) is 1. The second-order valence-corrected chi connectivity index (χ2v) is 6.47. The lowest BCUT2D eigenvalue weighted by molar-refractivity contribution is 0.0942. The zero-order chi connectivity index (χ0) is 15.5. The van der Waals surface area contributed by atoms with Crippen molar-refractivity contribution >= 4 is 27.5 Å². The summed E-state index contributed by atoms with van der Waals surface area (Å²) in [4.78, 5) is 12.5. The predicted molar refractivity (Wildman–Crippen MR) is 92.5 cm³/mol. The largest absolute Gasteiger partial charge is 0.347 e. The second kappa shape index (κ2) is 6.36. The highest BCUT2D eigenvalue weighted by Gasteiger charge is 2.15. The summed E-state index contributed by atoms with van der Waals surface area (Å²) >= 11 is 1.68. The quantitative estimate of drug-likeness (QED) is 0.746. The van der Waals surface area contributed by atoms with Gasteiger partial charge in [-0.1, -0.05) is 36.8 Å². The molecule has 3 rings (SSSR count). The van der Waals surface area contributed by atoms with E-state index in [1.54, 1.807) is 11.3 Å². The first-order valence-electron chi connectivity index (χ1n) is 7.59. The van der Waals surface area contributed by atoms with E-state index in [9.17, 15) is 4.79 Å². The number of hydrogen-bond acceptors (Lipinski definition) is 2. The van der Waals surface area contributed by atoms with Gasteiger partial charge in [-0.15, -0.1) is 11.3 Å². The molecule has 0 radical (unpaired) electrons. The summed E-state index contributed by atoms with van der Waals surface area (Å²) in [5, 5.41) is 5.11. The van der Waals surface area contributed by atoms with E-state index in [1.165, 1.54) is 10.3 Å². The van der Waals surface area contributed by atoms with Gasteiger partial charge >= 0.3 is 0 Å². The van der Waals surface area contributed by atoms with Crippen LogP contribution >= 0.6 is 11.3 Å². The zero-order valence-electron chi connectivity index (χ0n) is 12.9. The molecule has 0 aliphatic heterocycles. The second-order valence-electron chi connectivity index (χ2n) is 5.52. The molecule has 4 heteroatoms. The first-order chi connectivity index (χ1) is 10.7. The topological polar surface area (TPSA) is 34.0 Å². The third-order valence-electron chi connectivity index (χ3n) is 3.74. The fraction of sp³-hybridized carbons (Fsp3) is 0.278. The molecule has 0 atom stereocenters. The molecule has 3 nitrogen and oxygen atoms in total. The van der Waals surface area contributed by atoms with Gasteiger partial charge in [0.1, 0.15) is 5.69 Å². The minimum atomic E-state index is -0.00152. The number of carbonyl (C=O) groups is 1. The molecule has 1 aromatic carbocycles. The van der Waals surface area contributed by atoms with Crippen LogP contribution in [-0.2, 0) is 13.1 Å². The number of thiophene rings is 1. The third kappa shape index (κ3) is 2.92. The number of amides is 1. The Morgan fingerprint density at radius 2 is 2.14 bits per heavy atom. The van der Waals surface area contributed by atoms with Crippen molar-refractivity contribution < 1.29 is 4.79 Å². The van der Waals surface area contributed by atoms with Gasteiger partial charge in [0.05, 0.1) is 10.2 Å². The highest BCUT2D eigenvalue weighted by Crippen LogP contribution is 2.25. The van der Waals surface area contributed by atoms with Gasteiger partial charge in [-0.2, -0.15) is 0 Å². The molecular weight excluding hydrogens is 292 g/mol. The van der Waals surface area contributed by atoms with Gasteiger partial charge in [-0.3, -0.25) is 4.79 Å². The van der Waals surface area contributed by atoms with Gasteiger partial charge < -0.3 is 9.88 Å². The SMILES string of the molecule is CCCn1c(C(=O)NCc2cccc(C)c2)cc2sccc21. The third-order valence-corrected chi connectivity index (χ3v) is 4.59. The summed E-state index contributed by atoms with van der Waals surface area (Å²) in [7, 11) is 0. The number of aryl methyl sites for hydroxylation is 2. The van der Waals surface area contributed by atoms with E-state index in [4.69, 9.17) is 0 Å². The summed E-state index contributed by atoms with van der Waals surface area (Å²) < 4.78 is 3.30. The van der Waals surface area contributed by atoms with E-state index in [0.29, 0.717) is 6.54 Å². The number of benzene rings is 1. The first-order valence-corrected chi connectivity index (χ1v) is 8.47. The number of carbonyl (C=O) groups excluding carboxylic acids is 1. The molecule has 114 valence electrons. The zero-order valence-corrected chi connectivity index (χ0v) is 13.7. The van der Waals surface area contributed by atoms with Crippen LogP contribution in [0.3, 0.4) is 0 Å². The summed E-state index contributed by atoms with van der Waals surface area (Å²) in [5.74, 6) is -0.00152. The number of aromatic nitrogens is 1. The summed E-state index contributed by atoms with van der Waals surface area (Å²) in [6, 6.07) is 12.3. The predicted octanol–water partition coefficient (Wildman–Crippen LogP) is 4.35. The Morgan fingerprint density at radius 1 is 1.27 bits per heavy atom. The summed E-state index contributed by atoms with van der Waals surface area (Å²) in [6.45, 7) is 5.62. The molecule has 0 aliphatic carbocycles. The first kappa shape index (κ1) is 14.9. The van der Waals surface area contributed by atoms with Crippen molar-refractivity contribution in [3.63, 3.8) is 0 Å². The Bertz CT molecular complexity index is 800. The molecular formula is C18H20N2OS. The maximum Gasteiger partial charge on any atom is 0.268 e. The Labute approximate surface area is 134 Å². The van der Waals surface area contributed by atoms with Crippen LogP contribution in [0.2, 0.25) is 0 Å². The van der Waals surface area contributed by atoms with Crippen LogP contribution in [0.25, 0.3) is 10.2 Å². The van der Waals surface area contributed by atoms with Gasteiger partial charge in [-0.05, 0) is 36.4 Å². The minimum absolute atomic E-state index is 0.00152. The van der Waals surface area contributed by atoms with Crippen molar-refractivity contribution in [2.75, 3.05) is 0 Å². The lowest BCUT2D eigenvalue weighted by atomic mass is 10.1. The van der Waals surface area contributed by atoms with E-state index in [2.05, 4.69) is 47.3 Å². The van der Waals surface area contributed by atoms with E-state index in [1.807, 2.05) is 18.2 Å². The van der Waals surface area contributed by atoms with Crippen LogP contribution in [0.5, 0.6) is 0 Å². The monoisotopic (exact) mass is 312 g/mol. The maximum atomic E-state index is 12.5. The molecule has 0 saturated heterocycles. The number of fused-ring (bicyclic) bond motifs is 1. The number of nitrogens with one attached hydrogen (secondary N) is 1. The molecule has 1 amide bonds. The highest BCUT2D eigenvalue weighted by atomic mass is 32.1. The van der Waals surface area contributed by atoms with Crippen molar-refractivity contribution in [3.8, 4) is 0 Å². The lowest BCUT2D eigenvalue weighted by Gasteiger charge is -2.10. The smallest absolute Gasteiger partial charge is 0.268 e. The molecule has 1 N–H and O–H groups in total. The molecule has 0 spiro atoms. The van der Waals surface area contributed by atoms with Crippen LogP contribution in [0.1, 0.15) is 35.0 Å². The van der Waals surface area contributed by atoms with E-state index < -0.39 is 0 Å². The lowest BCUT2D eigenvalue weighted by Crippen LogP contribution is -2.25. The van der Waals surface area contributed by atoms with Crippen LogP contribution < -0.4 is 5.32 Å². The van der Waals surface area contributed by atoms with E-state index in [-0.39, 0.29) is 5.91 Å². The molecule has 0 saturated carbocycles. The van der Waals surface area contributed by atoms with Crippen LogP contribution in [0, 0.1) is 6.92 Å². The number of rotatable bonds is 5. The molecule has 0 bridgehead atoms. The fourth-order valence-electron chi connectivity index (χ4n) is 2.72. The molecule has 2 aromatic heterocycles. The molecule has 22 heavy (non-hydrogen) atoms. The molecule has 3 aromatic rings. The fourth-order valence-corrected chi connectivity index (χ4v) is 3.55. The van der Waals surface area contributed by atoms with Crippen molar-refractivity contribution in [2.45, 2.75) is 33.4 Å². The van der Waals surface area contributed by atoms with Gasteiger partial charge in [0, 0.05) is 13.1 Å². The summed E-state index contributed by atoms with van der Waals surface area (Å²) in [5.41, 5.74) is 4.26. The number of hydrogen-bond donors (Lipinski definition) is 1. The average molecular weight is 312 g/mol. The Balaban J connectivity index is 1.79. The van der Waals surface area contributed by atoms with Gasteiger partial charge in [-0.25, -0.2) is 0 Å². The summed E-state index contributed by atoms with van der Waals surface area (Å²) in [6.07, 6.45) is 1.01. The Hall–Kier alpha value is -2.07. The van der Waals surface area contributed by atoms with E-state index in [0.717, 1.165) is 29.7 Å². The molecule has 0 aliphatic rings. The normalized spacial score (nSPS) is 11.0. The van der Waals surface area contributed by atoms with Crippen LogP contribution in [0.15, 0.2) is 41.8 Å². The van der Waals surface area contributed by atoms with Gasteiger partial charge in [0.2, 0.25) is 0 Å². The highest BCUT2D eigenvalue weighted by molar-refractivity contribution is 7.17. The van der Waals surface area contributed by atoms with Crippen molar-refractivity contribution in [1.82, 2.24) is 9.88 Å². The Morgan fingerprint density at radius 3 is 2.91 bits per heavy atom. The van der Waals surface area contributed by atoms with Crippen LogP contribution in [-0.4, -0.2) is 10.5 Å². The molecule has 0 fully saturated rings. The molecule has 2 heterocycles. The maximum absolute atomic E-state index is 12.5. The minimum Gasteiger partial charge on any atom is -0.347 e. The van der Waals surface area contributed by atoms with Gasteiger partial charge in [0.15, 0.2) is 0 Å². The molecule has 0 unspecified atom stereocenters. The van der Waals surface area contributed by atoms with Gasteiger partial charge in [0.25, 0.3) is 5.91 Å². The van der Waals surface area contributed by atoms with Crippen LogP contribution in [0.4, 0.5) is 0 Å². The van der Waals surface area contributed by atoms with Crippen molar-refractivity contribution in [1.29, 1.82) is 0 Å².